The predicted molar refractivity (Wildman–Crippen MR) is 103 cm³/mol. The minimum absolute atomic E-state index is 0.521. The molecule has 0 aliphatic heterocycles. The van der Waals surface area contributed by atoms with Crippen LogP contribution >= 0.6 is 11.6 Å². The van der Waals surface area contributed by atoms with Gasteiger partial charge in [0, 0.05) is 28.2 Å². The molecule has 0 aliphatic rings. The van der Waals surface area contributed by atoms with Gasteiger partial charge in [0.1, 0.15) is 11.6 Å². The third-order valence-corrected chi connectivity index (χ3v) is 3.90. The Bertz CT molecular complexity index is 881. The number of anilines is 4. The van der Waals surface area contributed by atoms with Crippen LogP contribution in [0.1, 0.15) is 11.3 Å². The smallest absolute Gasteiger partial charge is 0.229 e. The van der Waals surface area contributed by atoms with Gasteiger partial charge in [-0.05, 0) is 55.8 Å². The van der Waals surface area contributed by atoms with E-state index in [2.05, 4.69) is 20.6 Å². The Morgan fingerprint density at radius 3 is 2.40 bits per heavy atom. The summed E-state index contributed by atoms with van der Waals surface area (Å²) in [6.45, 7) is 3.94. The highest BCUT2D eigenvalue weighted by molar-refractivity contribution is 6.30. The molecule has 0 radical (unpaired) electrons. The Morgan fingerprint density at radius 2 is 1.68 bits per heavy atom. The van der Waals surface area contributed by atoms with Gasteiger partial charge in [0.15, 0.2) is 0 Å². The zero-order valence-electron chi connectivity index (χ0n) is 14.3. The number of halogens is 1. The van der Waals surface area contributed by atoms with Crippen molar-refractivity contribution in [3.8, 4) is 5.75 Å². The van der Waals surface area contributed by atoms with Gasteiger partial charge in [-0.2, -0.15) is 4.98 Å². The van der Waals surface area contributed by atoms with Crippen molar-refractivity contribution >= 4 is 34.7 Å². The van der Waals surface area contributed by atoms with Crippen LogP contribution in [-0.4, -0.2) is 17.1 Å². The molecule has 1 aromatic heterocycles. The van der Waals surface area contributed by atoms with E-state index in [1.54, 1.807) is 7.11 Å². The molecule has 0 atom stereocenters. The van der Waals surface area contributed by atoms with Gasteiger partial charge >= 0.3 is 0 Å². The molecule has 6 heteroatoms. The second kappa shape index (κ2) is 7.40. The lowest BCUT2D eigenvalue weighted by atomic mass is 10.2. The monoisotopic (exact) mass is 354 g/mol. The molecular formula is C19H19ClN4O. The zero-order valence-corrected chi connectivity index (χ0v) is 15.1. The van der Waals surface area contributed by atoms with Crippen molar-refractivity contribution in [2.45, 2.75) is 13.8 Å². The van der Waals surface area contributed by atoms with E-state index >= 15 is 0 Å². The van der Waals surface area contributed by atoms with Crippen LogP contribution in [0.3, 0.4) is 0 Å². The fraction of sp³-hybridized carbons (Fsp3) is 0.158. The molecule has 3 aromatic rings. The minimum Gasteiger partial charge on any atom is -0.497 e. The number of nitrogens with one attached hydrogen (secondary N) is 2. The van der Waals surface area contributed by atoms with E-state index in [1.165, 1.54) is 0 Å². The summed E-state index contributed by atoms with van der Waals surface area (Å²) < 4.78 is 5.17. The lowest BCUT2D eigenvalue weighted by molar-refractivity contribution is 0.415. The van der Waals surface area contributed by atoms with Gasteiger partial charge in [0.25, 0.3) is 0 Å². The van der Waals surface area contributed by atoms with Gasteiger partial charge in [-0.15, -0.1) is 0 Å². The number of hydrogen-bond donors (Lipinski definition) is 2. The van der Waals surface area contributed by atoms with Crippen molar-refractivity contribution in [1.29, 1.82) is 0 Å². The Morgan fingerprint density at radius 1 is 0.920 bits per heavy atom. The number of aromatic nitrogens is 2. The normalized spacial score (nSPS) is 10.4. The molecule has 3 rings (SSSR count). The van der Waals surface area contributed by atoms with Crippen molar-refractivity contribution in [1.82, 2.24) is 9.97 Å². The van der Waals surface area contributed by atoms with Crippen LogP contribution in [0.25, 0.3) is 0 Å². The van der Waals surface area contributed by atoms with E-state index < -0.39 is 0 Å². The zero-order chi connectivity index (χ0) is 17.8. The first kappa shape index (κ1) is 17.0. The number of nitrogens with zero attached hydrogens (tertiary/aromatic N) is 2. The molecular weight excluding hydrogens is 336 g/mol. The quantitative estimate of drug-likeness (QED) is 0.656. The highest BCUT2D eigenvalue weighted by Gasteiger charge is 2.06. The first-order valence-corrected chi connectivity index (χ1v) is 8.21. The summed E-state index contributed by atoms with van der Waals surface area (Å²) >= 11 is 6.08. The van der Waals surface area contributed by atoms with Gasteiger partial charge in [-0.1, -0.05) is 17.7 Å². The molecule has 0 saturated heterocycles. The summed E-state index contributed by atoms with van der Waals surface area (Å²) in [4.78, 5) is 8.96. The largest absolute Gasteiger partial charge is 0.497 e. The molecule has 25 heavy (non-hydrogen) atoms. The SMILES string of the molecule is COc1ccc(Nc2nc(C)cc(Nc3cc(Cl)ccc3C)n2)cc1. The molecule has 2 aromatic carbocycles. The third kappa shape index (κ3) is 4.39. The van der Waals surface area contributed by atoms with Crippen molar-refractivity contribution in [2.75, 3.05) is 17.7 Å². The van der Waals surface area contributed by atoms with E-state index in [1.807, 2.05) is 62.4 Å². The van der Waals surface area contributed by atoms with Gasteiger partial charge in [-0.25, -0.2) is 4.98 Å². The molecule has 0 unspecified atom stereocenters. The molecule has 0 spiro atoms. The fourth-order valence-electron chi connectivity index (χ4n) is 2.36. The second-order valence-electron chi connectivity index (χ2n) is 5.66. The van der Waals surface area contributed by atoms with Crippen LogP contribution in [-0.2, 0) is 0 Å². The Balaban J connectivity index is 1.83. The Hall–Kier alpha value is -2.79. The summed E-state index contributed by atoms with van der Waals surface area (Å²) in [6.07, 6.45) is 0. The number of aryl methyl sites for hydroxylation is 2. The third-order valence-electron chi connectivity index (χ3n) is 3.66. The predicted octanol–water partition coefficient (Wildman–Crippen LogP) is 5.24. The van der Waals surface area contributed by atoms with E-state index in [0.717, 1.165) is 28.4 Å². The minimum atomic E-state index is 0.521. The van der Waals surface area contributed by atoms with Gasteiger partial charge in [0.05, 0.1) is 7.11 Å². The average molecular weight is 355 g/mol. The summed E-state index contributed by atoms with van der Waals surface area (Å²) in [5.41, 5.74) is 3.75. The topological polar surface area (TPSA) is 59.1 Å². The van der Waals surface area contributed by atoms with Gasteiger partial charge in [0.2, 0.25) is 5.95 Å². The molecule has 128 valence electrons. The molecule has 1 heterocycles. The van der Waals surface area contributed by atoms with Crippen LogP contribution in [0.5, 0.6) is 5.75 Å². The van der Waals surface area contributed by atoms with E-state index in [0.29, 0.717) is 16.8 Å². The number of rotatable bonds is 5. The summed E-state index contributed by atoms with van der Waals surface area (Å²) in [5, 5.41) is 7.18. The molecule has 2 N–H and O–H groups in total. The van der Waals surface area contributed by atoms with Crippen molar-refractivity contribution in [2.24, 2.45) is 0 Å². The highest BCUT2D eigenvalue weighted by atomic mass is 35.5. The van der Waals surface area contributed by atoms with Crippen LogP contribution in [0.4, 0.5) is 23.1 Å². The summed E-state index contributed by atoms with van der Waals surface area (Å²) in [6, 6.07) is 15.2. The molecule has 0 bridgehead atoms. The number of ether oxygens (including phenoxy) is 1. The van der Waals surface area contributed by atoms with Gasteiger partial charge < -0.3 is 15.4 Å². The second-order valence-corrected chi connectivity index (χ2v) is 6.09. The van der Waals surface area contributed by atoms with E-state index in [9.17, 15) is 0 Å². The molecule has 0 aliphatic carbocycles. The molecule has 5 nitrogen and oxygen atoms in total. The Kier molecular flexibility index (Phi) is 5.05. The van der Waals surface area contributed by atoms with E-state index in [4.69, 9.17) is 16.3 Å². The van der Waals surface area contributed by atoms with Crippen LogP contribution in [0.15, 0.2) is 48.5 Å². The molecule has 0 amide bonds. The van der Waals surface area contributed by atoms with Crippen molar-refractivity contribution in [3.05, 3.63) is 64.8 Å². The Labute approximate surface area is 152 Å². The number of benzene rings is 2. The highest BCUT2D eigenvalue weighted by Crippen LogP contribution is 2.25. The standard InChI is InChI=1S/C19H19ClN4O/c1-12-4-5-14(20)11-17(12)23-18-10-13(2)21-19(24-18)22-15-6-8-16(25-3)9-7-15/h4-11H,1-3H3,(H2,21,22,23,24). The van der Waals surface area contributed by atoms with E-state index in [-0.39, 0.29) is 0 Å². The molecule has 0 saturated carbocycles. The maximum absolute atomic E-state index is 6.08. The average Bonchev–Trinajstić information content (AvgIpc) is 2.58. The maximum Gasteiger partial charge on any atom is 0.229 e. The van der Waals surface area contributed by atoms with Crippen molar-refractivity contribution in [3.63, 3.8) is 0 Å². The van der Waals surface area contributed by atoms with Gasteiger partial charge in [-0.3, -0.25) is 0 Å². The van der Waals surface area contributed by atoms with Crippen LogP contribution in [0.2, 0.25) is 5.02 Å². The number of methoxy groups -OCH3 is 1. The molecule has 0 fully saturated rings. The first-order chi connectivity index (χ1) is 12.0. The van der Waals surface area contributed by atoms with Crippen molar-refractivity contribution < 1.29 is 4.74 Å². The van der Waals surface area contributed by atoms with Crippen LogP contribution in [0, 0.1) is 13.8 Å². The number of hydrogen-bond acceptors (Lipinski definition) is 5. The lowest BCUT2D eigenvalue weighted by Gasteiger charge is -2.12. The summed E-state index contributed by atoms with van der Waals surface area (Å²) in [7, 11) is 1.64. The lowest BCUT2D eigenvalue weighted by Crippen LogP contribution is -2.03. The fourth-order valence-corrected chi connectivity index (χ4v) is 2.53. The summed E-state index contributed by atoms with van der Waals surface area (Å²) in [5.74, 6) is 2.02. The maximum atomic E-state index is 6.08. The first-order valence-electron chi connectivity index (χ1n) is 7.83. The van der Waals surface area contributed by atoms with Crippen LogP contribution < -0.4 is 15.4 Å².